The van der Waals surface area contributed by atoms with Crippen molar-refractivity contribution < 1.29 is 26.5 Å². The summed E-state index contributed by atoms with van der Waals surface area (Å²) in [6.45, 7) is 7.34. The second kappa shape index (κ2) is 8.15. The van der Waals surface area contributed by atoms with Gasteiger partial charge in [-0.1, -0.05) is 45.0 Å². The van der Waals surface area contributed by atoms with Crippen LogP contribution in [0.5, 0.6) is 0 Å². The molecule has 6 heteroatoms. The highest BCUT2D eigenvalue weighted by Crippen LogP contribution is 2.31. The van der Waals surface area contributed by atoms with Crippen LogP contribution in [0, 0.1) is 0 Å². The molecular formula is C20H31NO5. The Morgan fingerprint density at radius 1 is 1.23 bits per heavy atom. The van der Waals surface area contributed by atoms with E-state index in [-0.39, 0.29) is 11.8 Å². The first-order chi connectivity index (χ1) is 12.5. The highest BCUT2D eigenvalue weighted by atomic mass is 16.6. The maximum absolute atomic E-state index is 10.3. The van der Waals surface area contributed by atoms with Gasteiger partial charge in [-0.05, 0) is 36.3 Å². The SMILES string of the molecule is [2H]C(CC=N[C@@]1(C)C(O)O[C@H](CO)[C@@H](O)[C@@H]1O)c1ccc(C(C)(C)C)cc1. The van der Waals surface area contributed by atoms with Gasteiger partial charge in [0, 0.05) is 7.59 Å². The Bertz CT molecular complexity index is 645. The number of hydrogen-bond donors (Lipinski definition) is 4. The molecule has 1 heterocycles. The van der Waals surface area contributed by atoms with Crippen molar-refractivity contribution in [1.82, 2.24) is 0 Å². The largest absolute Gasteiger partial charge is 0.394 e. The van der Waals surface area contributed by atoms with Gasteiger partial charge in [-0.2, -0.15) is 0 Å². The van der Waals surface area contributed by atoms with Crippen molar-refractivity contribution in [3.05, 3.63) is 35.4 Å². The summed E-state index contributed by atoms with van der Waals surface area (Å²) in [5.74, 6) is 0. The molecule has 1 fully saturated rings. The minimum atomic E-state index is -1.47. The van der Waals surface area contributed by atoms with Crippen LogP contribution in [0.1, 0.15) is 46.6 Å². The monoisotopic (exact) mass is 366 g/mol. The fraction of sp³-hybridized carbons (Fsp3) is 0.650. The van der Waals surface area contributed by atoms with Crippen molar-refractivity contribution in [3.8, 4) is 0 Å². The van der Waals surface area contributed by atoms with Crippen molar-refractivity contribution in [2.24, 2.45) is 4.99 Å². The number of aliphatic imine (C=N–C) groups is 1. The molecule has 0 spiro atoms. The molecular weight excluding hydrogens is 334 g/mol. The van der Waals surface area contributed by atoms with E-state index in [0.717, 1.165) is 5.56 Å². The summed E-state index contributed by atoms with van der Waals surface area (Å²) in [5.41, 5.74) is 0.617. The van der Waals surface area contributed by atoms with Gasteiger partial charge in [-0.3, -0.25) is 4.99 Å². The van der Waals surface area contributed by atoms with E-state index in [1.54, 1.807) is 0 Å². The van der Waals surface area contributed by atoms with Crippen molar-refractivity contribution in [1.29, 1.82) is 0 Å². The lowest BCUT2D eigenvalue weighted by molar-refractivity contribution is -0.272. The van der Waals surface area contributed by atoms with Crippen LogP contribution in [0.3, 0.4) is 0 Å². The summed E-state index contributed by atoms with van der Waals surface area (Å²) in [4.78, 5) is 4.21. The quantitative estimate of drug-likeness (QED) is 0.586. The highest BCUT2D eigenvalue weighted by molar-refractivity contribution is 5.58. The molecule has 6 atom stereocenters. The molecule has 1 aromatic rings. The zero-order valence-electron chi connectivity index (χ0n) is 16.8. The Kier molecular flexibility index (Phi) is 6.10. The van der Waals surface area contributed by atoms with Crippen molar-refractivity contribution in [2.75, 3.05) is 6.61 Å². The highest BCUT2D eigenvalue weighted by Gasteiger charge is 2.52. The third-order valence-electron chi connectivity index (χ3n) is 4.89. The molecule has 1 aliphatic heterocycles. The van der Waals surface area contributed by atoms with Crippen LogP contribution in [-0.4, -0.2) is 63.4 Å². The molecule has 1 saturated heterocycles. The van der Waals surface area contributed by atoms with Gasteiger partial charge in [0.25, 0.3) is 0 Å². The molecule has 0 bridgehead atoms. The van der Waals surface area contributed by atoms with Gasteiger partial charge >= 0.3 is 0 Å². The summed E-state index contributed by atoms with van der Waals surface area (Å²) < 4.78 is 13.4. The second-order valence-electron chi connectivity index (χ2n) is 7.99. The number of benzene rings is 1. The third kappa shape index (κ3) is 4.50. The number of ether oxygens (including phenoxy) is 1. The summed E-state index contributed by atoms with van der Waals surface area (Å²) >= 11 is 0. The molecule has 1 aromatic carbocycles. The Labute approximate surface area is 156 Å². The van der Waals surface area contributed by atoms with Gasteiger partial charge in [0.05, 0.1) is 6.61 Å². The van der Waals surface area contributed by atoms with Crippen LogP contribution in [0.25, 0.3) is 0 Å². The predicted octanol–water partition coefficient (Wildman–Crippen LogP) is 1.18. The molecule has 6 nitrogen and oxygen atoms in total. The molecule has 4 N–H and O–H groups in total. The van der Waals surface area contributed by atoms with E-state index in [2.05, 4.69) is 25.8 Å². The lowest BCUT2D eigenvalue weighted by Gasteiger charge is -2.45. The third-order valence-corrected chi connectivity index (χ3v) is 4.89. The van der Waals surface area contributed by atoms with E-state index in [0.29, 0.717) is 0 Å². The van der Waals surface area contributed by atoms with Gasteiger partial charge in [-0.15, -0.1) is 0 Å². The van der Waals surface area contributed by atoms with E-state index >= 15 is 0 Å². The maximum atomic E-state index is 10.3. The molecule has 2 unspecified atom stereocenters. The molecule has 0 aliphatic carbocycles. The van der Waals surface area contributed by atoms with Crippen LogP contribution < -0.4 is 0 Å². The number of aliphatic hydroxyl groups is 4. The zero-order chi connectivity index (χ0) is 20.4. The minimum absolute atomic E-state index is 0.0482. The van der Waals surface area contributed by atoms with Crippen molar-refractivity contribution >= 4 is 6.21 Å². The molecule has 0 radical (unpaired) electrons. The summed E-state index contributed by atoms with van der Waals surface area (Å²) in [6, 6.07) is 7.89. The lowest BCUT2D eigenvalue weighted by atomic mass is 9.85. The van der Waals surface area contributed by atoms with E-state index in [4.69, 9.17) is 11.2 Å². The summed E-state index contributed by atoms with van der Waals surface area (Å²) in [6.07, 6.45) is -4.09. The lowest BCUT2D eigenvalue weighted by Crippen LogP contribution is -2.64. The second-order valence-corrected chi connectivity index (χ2v) is 7.99. The van der Waals surface area contributed by atoms with E-state index < -0.39 is 43.1 Å². The number of nitrogens with zero attached hydrogens (tertiary/aromatic N) is 1. The first-order valence-electron chi connectivity index (χ1n) is 9.45. The molecule has 0 amide bonds. The van der Waals surface area contributed by atoms with Crippen LogP contribution in [0.15, 0.2) is 29.3 Å². The van der Waals surface area contributed by atoms with Gasteiger partial charge < -0.3 is 25.2 Å². The first-order valence-corrected chi connectivity index (χ1v) is 8.87. The number of hydrogen-bond acceptors (Lipinski definition) is 6. The van der Waals surface area contributed by atoms with Crippen molar-refractivity contribution in [2.45, 2.75) is 76.1 Å². The van der Waals surface area contributed by atoms with Gasteiger partial charge in [0.1, 0.15) is 23.9 Å². The van der Waals surface area contributed by atoms with Crippen LogP contribution in [-0.2, 0) is 16.5 Å². The van der Waals surface area contributed by atoms with E-state index in [1.807, 2.05) is 24.3 Å². The maximum Gasteiger partial charge on any atom is 0.182 e. The van der Waals surface area contributed by atoms with Crippen LogP contribution in [0.2, 0.25) is 0 Å². The average molecular weight is 366 g/mol. The minimum Gasteiger partial charge on any atom is -0.394 e. The smallest absolute Gasteiger partial charge is 0.182 e. The average Bonchev–Trinajstić information content (AvgIpc) is 2.62. The number of aliphatic hydroxyl groups excluding tert-OH is 4. The van der Waals surface area contributed by atoms with Gasteiger partial charge in [0.2, 0.25) is 0 Å². The predicted molar refractivity (Wildman–Crippen MR) is 100 cm³/mol. The summed E-state index contributed by atoms with van der Waals surface area (Å²) in [7, 11) is 0. The molecule has 2 rings (SSSR count). The number of aryl methyl sites for hydroxylation is 1. The van der Waals surface area contributed by atoms with Gasteiger partial charge in [0.15, 0.2) is 6.29 Å². The van der Waals surface area contributed by atoms with E-state index in [9.17, 15) is 15.3 Å². The first kappa shape index (κ1) is 19.5. The number of rotatable bonds is 5. The van der Waals surface area contributed by atoms with Crippen LogP contribution in [0.4, 0.5) is 0 Å². The Morgan fingerprint density at radius 2 is 1.85 bits per heavy atom. The van der Waals surface area contributed by atoms with E-state index in [1.165, 1.54) is 18.7 Å². The molecule has 0 aromatic heterocycles. The standard InChI is InChI=1S/C20H31NO5/c1-19(2,3)14-9-7-13(8-10-14)6-5-11-21-20(4)17(24)16(23)15(12-22)26-18(20)25/h7-11,15-18,22-25H,5-6,12H2,1-4H3/t15-,16-,17+,18?,20-/m1/s1/i6D/t6?,15-,16-,17+,18?,20-. The Hall–Kier alpha value is -1.31. The molecule has 146 valence electrons. The van der Waals surface area contributed by atoms with Gasteiger partial charge in [-0.25, -0.2) is 0 Å². The Morgan fingerprint density at radius 3 is 2.38 bits per heavy atom. The van der Waals surface area contributed by atoms with Crippen molar-refractivity contribution in [3.63, 3.8) is 0 Å². The van der Waals surface area contributed by atoms with Crippen LogP contribution >= 0.6 is 0 Å². The fourth-order valence-electron chi connectivity index (χ4n) is 2.93. The summed E-state index contributed by atoms with van der Waals surface area (Å²) in [5, 5.41) is 39.6. The Balaban J connectivity index is 2.05. The molecule has 0 saturated carbocycles. The molecule has 1 aliphatic rings. The normalized spacial score (nSPS) is 34.7. The fourth-order valence-corrected chi connectivity index (χ4v) is 2.93. The topological polar surface area (TPSA) is 103 Å². The molecule has 26 heavy (non-hydrogen) atoms. The zero-order valence-corrected chi connectivity index (χ0v) is 15.8.